The molecule has 0 aromatic carbocycles. The van der Waals surface area contributed by atoms with E-state index in [0.717, 1.165) is 0 Å². The number of nitrogens with two attached hydrogens (primary N) is 2. The molecule has 2 aromatic heterocycles. The molecule has 0 radical (unpaired) electrons. The summed E-state index contributed by atoms with van der Waals surface area (Å²) in [5.41, 5.74) is 7.94. The first-order chi connectivity index (χ1) is 8.70. The van der Waals surface area contributed by atoms with Crippen molar-refractivity contribution in [2.24, 2.45) is 11.6 Å². The molecule has 0 saturated carbocycles. The number of ether oxygens (including phenoxy) is 1. The average molecular weight is 251 g/mol. The molecule has 0 aliphatic carbocycles. The molecule has 0 bridgehead atoms. The number of nitrogens with one attached hydrogen (secondary N) is 2. The minimum atomic E-state index is -0.812. The van der Waals surface area contributed by atoms with Crippen molar-refractivity contribution in [3.63, 3.8) is 0 Å². The van der Waals surface area contributed by atoms with Gasteiger partial charge >= 0.3 is 6.09 Å². The van der Waals surface area contributed by atoms with Crippen LogP contribution in [0.3, 0.4) is 0 Å². The molecule has 0 spiro atoms. The summed E-state index contributed by atoms with van der Waals surface area (Å²) >= 11 is 0. The molecule has 0 atom stereocenters. The first-order valence-electron chi connectivity index (χ1n) is 5.17. The monoisotopic (exact) mass is 251 g/mol. The van der Waals surface area contributed by atoms with Crippen molar-refractivity contribution < 1.29 is 9.53 Å². The number of hydrazine groups is 1. The number of nitrogens with zero attached hydrogens (tertiary/aromatic N) is 3. The number of rotatable bonds is 5. The number of hydrogen-bond acceptors (Lipinski definition) is 7. The first kappa shape index (κ1) is 11.9. The van der Waals surface area contributed by atoms with Gasteiger partial charge in [0.2, 0.25) is 0 Å². The van der Waals surface area contributed by atoms with Crippen LogP contribution < -0.4 is 22.3 Å². The molecule has 6 N–H and O–H groups in total. The number of imidazole rings is 1. The summed E-state index contributed by atoms with van der Waals surface area (Å²) in [5, 5.41) is 2.98. The van der Waals surface area contributed by atoms with Crippen molar-refractivity contribution in [1.29, 1.82) is 0 Å². The smallest absolute Gasteiger partial charge is 0.404 e. The molecule has 2 aromatic rings. The third kappa shape index (κ3) is 2.58. The van der Waals surface area contributed by atoms with Gasteiger partial charge in [-0.25, -0.2) is 20.6 Å². The lowest BCUT2D eigenvalue weighted by Crippen LogP contribution is -2.19. The summed E-state index contributed by atoms with van der Waals surface area (Å²) < 4.78 is 6.36. The minimum absolute atomic E-state index is 0.143. The van der Waals surface area contributed by atoms with Gasteiger partial charge in [0.15, 0.2) is 17.3 Å². The second-order valence-corrected chi connectivity index (χ2v) is 3.37. The Kier molecular flexibility index (Phi) is 3.44. The van der Waals surface area contributed by atoms with Gasteiger partial charge in [0.05, 0.1) is 12.7 Å². The van der Waals surface area contributed by atoms with Gasteiger partial charge in [-0.2, -0.15) is 0 Å². The van der Waals surface area contributed by atoms with Crippen LogP contribution in [-0.4, -0.2) is 33.6 Å². The van der Waals surface area contributed by atoms with E-state index in [2.05, 4.69) is 25.4 Å². The second kappa shape index (κ2) is 5.19. The van der Waals surface area contributed by atoms with E-state index in [9.17, 15) is 4.79 Å². The molecule has 0 fully saturated rings. The number of carbonyl (C=O) groups excluding carboxylic acids is 1. The Hall–Kier alpha value is -2.55. The maximum Gasteiger partial charge on any atom is 0.404 e. The first-order valence-corrected chi connectivity index (χ1v) is 5.17. The fraction of sp³-hybridized carbons (Fsp3) is 0.222. The zero-order chi connectivity index (χ0) is 13.0. The van der Waals surface area contributed by atoms with E-state index in [4.69, 9.17) is 11.6 Å². The van der Waals surface area contributed by atoms with Crippen molar-refractivity contribution >= 4 is 23.4 Å². The van der Waals surface area contributed by atoms with E-state index >= 15 is 0 Å². The number of carbonyl (C=O) groups is 1. The highest BCUT2D eigenvalue weighted by molar-refractivity contribution is 5.66. The molecule has 0 unspecified atom stereocenters. The summed E-state index contributed by atoms with van der Waals surface area (Å²) in [7, 11) is 0. The number of anilines is 2. The highest BCUT2D eigenvalue weighted by atomic mass is 16.5. The molecule has 18 heavy (non-hydrogen) atoms. The Balaban J connectivity index is 2.10. The number of aromatic nitrogens is 3. The largest absolute Gasteiger partial charge is 0.448 e. The van der Waals surface area contributed by atoms with Crippen LogP contribution in [0.2, 0.25) is 0 Å². The summed E-state index contributed by atoms with van der Waals surface area (Å²) in [5.74, 6) is 6.33. The van der Waals surface area contributed by atoms with E-state index in [1.165, 1.54) is 0 Å². The lowest BCUT2D eigenvalue weighted by Gasteiger charge is -2.09. The second-order valence-electron chi connectivity index (χ2n) is 3.37. The zero-order valence-electron chi connectivity index (χ0n) is 9.46. The van der Waals surface area contributed by atoms with Gasteiger partial charge in [0.25, 0.3) is 0 Å². The minimum Gasteiger partial charge on any atom is -0.448 e. The Morgan fingerprint density at radius 1 is 1.56 bits per heavy atom. The predicted octanol–water partition coefficient (Wildman–Crippen LogP) is -0.478. The number of primary amides is 1. The molecule has 2 rings (SSSR count). The lowest BCUT2D eigenvalue weighted by molar-refractivity contribution is 0.161. The van der Waals surface area contributed by atoms with Gasteiger partial charge in [0, 0.05) is 12.4 Å². The number of amides is 1. The third-order valence-electron chi connectivity index (χ3n) is 2.16. The molecule has 1 amide bonds. The van der Waals surface area contributed by atoms with Crippen LogP contribution in [0.25, 0.3) is 5.65 Å². The highest BCUT2D eigenvalue weighted by Crippen LogP contribution is 2.15. The van der Waals surface area contributed by atoms with Crippen LogP contribution in [0.1, 0.15) is 0 Å². The van der Waals surface area contributed by atoms with E-state index in [1.54, 1.807) is 23.0 Å². The summed E-state index contributed by atoms with van der Waals surface area (Å²) in [6.07, 6.45) is 4.30. The van der Waals surface area contributed by atoms with Gasteiger partial charge in [-0.15, -0.1) is 0 Å². The van der Waals surface area contributed by atoms with E-state index in [1.807, 2.05) is 0 Å². The van der Waals surface area contributed by atoms with Crippen LogP contribution in [0.15, 0.2) is 18.6 Å². The fourth-order valence-electron chi connectivity index (χ4n) is 1.44. The molecule has 9 heteroatoms. The van der Waals surface area contributed by atoms with Crippen LogP contribution in [0.5, 0.6) is 0 Å². The maximum absolute atomic E-state index is 10.4. The van der Waals surface area contributed by atoms with Gasteiger partial charge in [0.1, 0.15) is 6.61 Å². The molecular weight excluding hydrogens is 238 g/mol. The van der Waals surface area contributed by atoms with E-state index < -0.39 is 6.09 Å². The Bertz CT molecular complexity index is 553. The SMILES string of the molecule is NNc1cn2ccnc2c(NCCOC(N)=O)n1. The summed E-state index contributed by atoms with van der Waals surface area (Å²) in [6, 6.07) is 0. The van der Waals surface area contributed by atoms with E-state index in [0.29, 0.717) is 23.8 Å². The summed E-state index contributed by atoms with van der Waals surface area (Å²) in [4.78, 5) is 18.7. The van der Waals surface area contributed by atoms with Crippen molar-refractivity contribution in [1.82, 2.24) is 14.4 Å². The predicted molar refractivity (Wildman–Crippen MR) is 64.8 cm³/mol. The van der Waals surface area contributed by atoms with Crippen LogP contribution in [0, 0.1) is 0 Å². The number of nitrogen functional groups attached to an aromatic ring is 1. The van der Waals surface area contributed by atoms with Gasteiger partial charge in [-0.05, 0) is 0 Å². The lowest BCUT2D eigenvalue weighted by atomic mass is 10.5. The third-order valence-corrected chi connectivity index (χ3v) is 2.16. The zero-order valence-corrected chi connectivity index (χ0v) is 9.46. The molecule has 96 valence electrons. The maximum atomic E-state index is 10.4. The number of fused-ring (bicyclic) bond motifs is 1. The Labute approximate surface area is 102 Å². The van der Waals surface area contributed by atoms with Crippen molar-refractivity contribution in [2.45, 2.75) is 0 Å². The molecule has 9 nitrogen and oxygen atoms in total. The molecule has 0 aliphatic rings. The summed E-state index contributed by atoms with van der Waals surface area (Å²) in [6.45, 7) is 0.511. The Morgan fingerprint density at radius 3 is 3.11 bits per heavy atom. The van der Waals surface area contributed by atoms with Gasteiger partial charge in [-0.1, -0.05) is 0 Å². The van der Waals surface area contributed by atoms with Crippen LogP contribution in [-0.2, 0) is 4.74 Å². The van der Waals surface area contributed by atoms with Crippen molar-refractivity contribution in [2.75, 3.05) is 23.9 Å². The molecule has 2 heterocycles. The van der Waals surface area contributed by atoms with E-state index in [-0.39, 0.29) is 6.61 Å². The fourth-order valence-corrected chi connectivity index (χ4v) is 1.44. The van der Waals surface area contributed by atoms with Gasteiger partial charge in [-0.3, -0.25) is 0 Å². The topological polar surface area (TPSA) is 133 Å². The number of hydrogen-bond donors (Lipinski definition) is 4. The van der Waals surface area contributed by atoms with Crippen molar-refractivity contribution in [3.8, 4) is 0 Å². The normalized spacial score (nSPS) is 10.3. The average Bonchev–Trinajstić information content (AvgIpc) is 2.82. The van der Waals surface area contributed by atoms with Crippen LogP contribution >= 0.6 is 0 Å². The van der Waals surface area contributed by atoms with Crippen molar-refractivity contribution in [3.05, 3.63) is 18.6 Å². The van der Waals surface area contributed by atoms with Gasteiger partial charge < -0.3 is 25.6 Å². The standard InChI is InChI=1S/C9H13N7O2/c10-9(17)18-4-2-12-7-8-13-1-3-16(8)5-6(14-7)15-11/h1,3,5,15H,2,4,11H2,(H2,10,17)(H,12,14). The molecular formula is C9H13N7O2. The highest BCUT2D eigenvalue weighted by Gasteiger charge is 2.06. The van der Waals surface area contributed by atoms with Crippen LogP contribution in [0.4, 0.5) is 16.4 Å². The molecule has 0 saturated heterocycles. The molecule has 0 aliphatic heterocycles. The quantitative estimate of drug-likeness (QED) is 0.320. The Morgan fingerprint density at radius 2 is 2.39 bits per heavy atom.